The molecule has 6 nitrogen and oxygen atoms in total. The summed E-state index contributed by atoms with van der Waals surface area (Å²) >= 11 is 0. The summed E-state index contributed by atoms with van der Waals surface area (Å²) in [5.74, 6) is 0.138. The SMILES string of the molecule is Cc1ncc(CO)c(CNCc2cnc[nH]2)c1O. The molecule has 0 atom stereocenters. The van der Waals surface area contributed by atoms with Gasteiger partial charge in [0.15, 0.2) is 0 Å². The number of imidazole rings is 1. The molecule has 0 saturated carbocycles. The number of hydrogen-bond acceptors (Lipinski definition) is 5. The van der Waals surface area contributed by atoms with Crippen LogP contribution in [0.5, 0.6) is 5.75 Å². The largest absolute Gasteiger partial charge is 0.506 e. The third-order valence-corrected chi connectivity index (χ3v) is 2.77. The average molecular weight is 248 g/mol. The van der Waals surface area contributed by atoms with Gasteiger partial charge in [-0.3, -0.25) is 4.98 Å². The highest BCUT2D eigenvalue weighted by molar-refractivity contribution is 5.40. The predicted octanol–water partition coefficient (Wildman–Crippen LogP) is 0.601. The van der Waals surface area contributed by atoms with Crippen LogP contribution in [0.25, 0.3) is 0 Å². The number of aromatic hydroxyl groups is 1. The summed E-state index contributed by atoms with van der Waals surface area (Å²) in [6, 6.07) is 0. The second kappa shape index (κ2) is 5.61. The fourth-order valence-electron chi connectivity index (χ4n) is 1.72. The van der Waals surface area contributed by atoms with E-state index in [9.17, 15) is 10.2 Å². The van der Waals surface area contributed by atoms with Crippen molar-refractivity contribution in [3.05, 3.63) is 41.2 Å². The van der Waals surface area contributed by atoms with Crippen molar-refractivity contribution in [3.63, 3.8) is 0 Å². The molecule has 0 amide bonds. The van der Waals surface area contributed by atoms with E-state index < -0.39 is 0 Å². The molecule has 96 valence electrons. The second-order valence-corrected chi connectivity index (χ2v) is 4.03. The van der Waals surface area contributed by atoms with Gasteiger partial charge in [0.05, 0.1) is 18.6 Å². The first-order valence-electron chi connectivity index (χ1n) is 5.67. The lowest BCUT2D eigenvalue weighted by Crippen LogP contribution is -2.15. The van der Waals surface area contributed by atoms with Crippen molar-refractivity contribution < 1.29 is 10.2 Å². The number of H-pyrrole nitrogens is 1. The summed E-state index contributed by atoms with van der Waals surface area (Å²) in [5.41, 5.74) is 2.84. The predicted molar refractivity (Wildman–Crippen MR) is 65.7 cm³/mol. The molecule has 2 aromatic rings. The number of aromatic nitrogens is 3. The Labute approximate surface area is 105 Å². The van der Waals surface area contributed by atoms with Crippen LogP contribution >= 0.6 is 0 Å². The maximum atomic E-state index is 9.93. The zero-order valence-corrected chi connectivity index (χ0v) is 10.1. The van der Waals surface area contributed by atoms with E-state index in [2.05, 4.69) is 20.3 Å². The molecule has 18 heavy (non-hydrogen) atoms. The zero-order valence-electron chi connectivity index (χ0n) is 10.1. The van der Waals surface area contributed by atoms with Crippen molar-refractivity contribution in [2.45, 2.75) is 26.6 Å². The zero-order chi connectivity index (χ0) is 13.0. The van der Waals surface area contributed by atoms with E-state index in [0.29, 0.717) is 29.9 Å². The second-order valence-electron chi connectivity index (χ2n) is 4.03. The molecule has 0 aliphatic heterocycles. The maximum absolute atomic E-state index is 9.93. The number of aliphatic hydroxyl groups excluding tert-OH is 1. The Morgan fingerprint density at radius 1 is 1.33 bits per heavy atom. The van der Waals surface area contributed by atoms with Crippen LogP contribution in [0, 0.1) is 6.92 Å². The molecule has 2 aromatic heterocycles. The number of aromatic amines is 1. The van der Waals surface area contributed by atoms with Crippen molar-refractivity contribution >= 4 is 0 Å². The van der Waals surface area contributed by atoms with Gasteiger partial charge < -0.3 is 20.5 Å². The monoisotopic (exact) mass is 248 g/mol. The van der Waals surface area contributed by atoms with Crippen LogP contribution in [0.3, 0.4) is 0 Å². The fourth-order valence-corrected chi connectivity index (χ4v) is 1.72. The molecule has 0 saturated heterocycles. The van der Waals surface area contributed by atoms with Gasteiger partial charge in [0.1, 0.15) is 5.75 Å². The lowest BCUT2D eigenvalue weighted by molar-refractivity contribution is 0.278. The number of nitrogens with one attached hydrogen (secondary N) is 2. The first kappa shape index (κ1) is 12.5. The summed E-state index contributed by atoms with van der Waals surface area (Å²) < 4.78 is 0. The number of rotatable bonds is 5. The van der Waals surface area contributed by atoms with E-state index in [0.717, 1.165) is 5.69 Å². The van der Waals surface area contributed by atoms with Crippen molar-refractivity contribution in [3.8, 4) is 5.75 Å². The standard InChI is InChI=1S/C12H16N4O2/c1-8-12(18)11(9(6-17)2-15-8)5-13-3-10-4-14-7-16-10/h2,4,7,13,17-18H,3,5-6H2,1H3,(H,14,16). The Morgan fingerprint density at radius 3 is 2.83 bits per heavy atom. The molecule has 2 rings (SSSR count). The van der Waals surface area contributed by atoms with E-state index >= 15 is 0 Å². The lowest BCUT2D eigenvalue weighted by Gasteiger charge is -2.11. The molecule has 0 radical (unpaired) electrons. The van der Waals surface area contributed by atoms with Gasteiger partial charge in [-0.25, -0.2) is 4.98 Å². The summed E-state index contributed by atoms with van der Waals surface area (Å²) in [6.45, 7) is 2.67. The van der Waals surface area contributed by atoms with Crippen molar-refractivity contribution in [1.29, 1.82) is 0 Å². The Bertz CT molecular complexity index is 511. The van der Waals surface area contributed by atoms with Crippen LogP contribution in [-0.4, -0.2) is 25.2 Å². The maximum Gasteiger partial charge on any atom is 0.141 e. The molecule has 0 fully saturated rings. The normalized spacial score (nSPS) is 10.8. The highest BCUT2D eigenvalue weighted by Gasteiger charge is 2.10. The van der Waals surface area contributed by atoms with Crippen LogP contribution in [0.15, 0.2) is 18.7 Å². The van der Waals surface area contributed by atoms with Crippen LogP contribution in [0.1, 0.15) is 22.5 Å². The van der Waals surface area contributed by atoms with Crippen LogP contribution in [0.4, 0.5) is 0 Å². The van der Waals surface area contributed by atoms with E-state index in [1.165, 1.54) is 0 Å². The van der Waals surface area contributed by atoms with Crippen molar-refractivity contribution in [2.24, 2.45) is 0 Å². The number of hydrogen-bond donors (Lipinski definition) is 4. The molecule has 4 N–H and O–H groups in total. The molecule has 0 spiro atoms. The third kappa shape index (κ3) is 2.66. The molecule has 0 aromatic carbocycles. The quantitative estimate of drug-likeness (QED) is 0.621. The third-order valence-electron chi connectivity index (χ3n) is 2.77. The van der Waals surface area contributed by atoms with E-state index in [4.69, 9.17) is 0 Å². The minimum atomic E-state index is -0.137. The van der Waals surface area contributed by atoms with Gasteiger partial charge in [0.25, 0.3) is 0 Å². The summed E-state index contributed by atoms with van der Waals surface area (Å²) in [7, 11) is 0. The topological polar surface area (TPSA) is 94.1 Å². The minimum absolute atomic E-state index is 0.137. The molecular formula is C12H16N4O2. The number of pyridine rings is 1. The number of aliphatic hydroxyl groups is 1. The summed E-state index contributed by atoms with van der Waals surface area (Å²) in [5, 5.41) is 22.3. The van der Waals surface area contributed by atoms with Gasteiger partial charge in [-0.1, -0.05) is 0 Å². The molecule has 0 bridgehead atoms. The van der Waals surface area contributed by atoms with Gasteiger partial charge in [0, 0.05) is 42.3 Å². The first-order valence-corrected chi connectivity index (χ1v) is 5.67. The highest BCUT2D eigenvalue weighted by Crippen LogP contribution is 2.23. The van der Waals surface area contributed by atoms with Crippen LogP contribution in [0.2, 0.25) is 0 Å². The Kier molecular flexibility index (Phi) is 3.91. The summed E-state index contributed by atoms with van der Waals surface area (Å²) in [4.78, 5) is 10.9. The number of aryl methyl sites for hydroxylation is 1. The molecule has 6 heteroatoms. The van der Waals surface area contributed by atoms with Gasteiger partial charge in [-0.15, -0.1) is 0 Å². The smallest absolute Gasteiger partial charge is 0.141 e. The number of nitrogens with zero attached hydrogens (tertiary/aromatic N) is 2. The molecule has 0 aliphatic rings. The van der Waals surface area contributed by atoms with Gasteiger partial charge in [-0.2, -0.15) is 0 Å². The van der Waals surface area contributed by atoms with E-state index in [-0.39, 0.29) is 12.4 Å². The van der Waals surface area contributed by atoms with E-state index in [1.54, 1.807) is 25.6 Å². The average Bonchev–Trinajstić information content (AvgIpc) is 2.88. The van der Waals surface area contributed by atoms with Gasteiger partial charge >= 0.3 is 0 Å². The first-order chi connectivity index (χ1) is 8.72. The fraction of sp³-hybridized carbons (Fsp3) is 0.333. The van der Waals surface area contributed by atoms with Gasteiger partial charge in [0.2, 0.25) is 0 Å². The Morgan fingerprint density at radius 2 is 2.17 bits per heavy atom. The van der Waals surface area contributed by atoms with Gasteiger partial charge in [-0.05, 0) is 6.92 Å². The minimum Gasteiger partial charge on any atom is -0.506 e. The highest BCUT2D eigenvalue weighted by atomic mass is 16.3. The molecule has 0 unspecified atom stereocenters. The Hall–Kier alpha value is -1.92. The van der Waals surface area contributed by atoms with Crippen LogP contribution < -0.4 is 5.32 Å². The van der Waals surface area contributed by atoms with Crippen molar-refractivity contribution in [1.82, 2.24) is 20.3 Å². The summed E-state index contributed by atoms with van der Waals surface area (Å²) in [6.07, 6.45) is 4.93. The Balaban J connectivity index is 2.06. The van der Waals surface area contributed by atoms with Crippen LogP contribution in [-0.2, 0) is 19.7 Å². The lowest BCUT2D eigenvalue weighted by atomic mass is 10.1. The molecule has 0 aliphatic carbocycles. The molecular weight excluding hydrogens is 232 g/mol. The van der Waals surface area contributed by atoms with Crippen molar-refractivity contribution in [2.75, 3.05) is 0 Å². The molecule has 2 heterocycles. The van der Waals surface area contributed by atoms with E-state index in [1.807, 2.05) is 0 Å².